The molecule has 0 saturated carbocycles. The SMILES string of the molecule is CS(=O)(=O)Nc1ccccc1.OBO. The number of sulfonamides is 1. The van der Waals surface area contributed by atoms with Gasteiger partial charge in [-0.1, -0.05) is 18.2 Å². The van der Waals surface area contributed by atoms with Crippen molar-refractivity contribution >= 4 is 23.4 Å². The number of nitrogens with one attached hydrogen (secondary N) is 1. The minimum Gasteiger partial charge on any atom is -0.430 e. The Bertz CT molecular complexity index is 340. The third-order valence-corrected chi connectivity index (χ3v) is 1.68. The van der Waals surface area contributed by atoms with Gasteiger partial charge in [-0.3, -0.25) is 4.72 Å². The van der Waals surface area contributed by atoms with Gasteiger partial charge in [-0.25, -0.2) is 8.42 Å². The maximum atomic E-state index is 10.7. The molecule has 1 rings (SSSR count). The fraction of sp³-hybridized carbons (Fsp3) is 0.143. The molecule has 5 nitrogen and oxygen atoms in total. The first-order chi connectivity index (χ1) is 6.49. The zero-order valence-electron chi connectivity index (χ0n) is 7.71. The van der Waals surface area contributed by atoms with Crippen molar-refractivity contribution in [2.45, 2.75) is 0 Å². The van der Waals surface area contributed by atoms with Crippen molar-refractivity contribution in [1.82, 2.24) is 0 Å². The van der Waals surface area contributed by atoms with Crippen LogP contribution in [0.1, 0.15) is 0 Å². The molecule has 1 aromatic rings. The lowest BCUT2D eigenvalue weighted by Gasteiger charge is -2.00. The van der Waals surface area contributed by atoms with Gasteiger partial charge >= 0.3 is 7.69 Å². The maximum Gasteiger partial charge on any atom is 0.432 e. The third kappa shape index (κ3) is 7.60. The van der Waals surface area contributed by atoms with Crippen molar-refractivity contribution in [2.24, 2.45) is 0 Å². The van der Waals surface area contributed by atoms with Crippen molar-refractivity contribution < 1.29 is 18.5 Å². The molecule has 3 N–H and O–H groups in total. The molecule has 0 aliphatic heterocycles. The van der Waals surface area contributed by atoms with E-state index in [1.165, 1.54) is 0 Å². The first kappa shape index (κ1) is 13.0. The van der Waals surface area contributed by atoms with Crippen LogP contribution in [0, 0.1) is 0 Å². The first-order valence-electron chi connectivity index (χ1n) is 3.74. The van der Waals surface area contributed by atoms with Crippen LogP contribution in [-0.4, -0.2) is 32.4 Å². The molecule has 78 valence electrons. The van der Waals surface area contributed by atoms with Crippen molar-refractivity contribution in [3.05, 3.63) is 30.3 Å². The Hall–Kier alpha value is -1.05. The Labute approximate surface area is 83.8 Å². The van der Waals surface area contributed by atoms with Gasteiger partial charge in [0, 0.05) is 5.69 Å². The molecule has 0 aliphatic carbocycles. The molecule has 0 aromatic heterocycles. The maximum absolute atomic E-state index is 10.7. The van der Waals surface area contributed by atoms with Gasteiger partial charge in [-0.05, 0) is 12.1 Å². The summed E-state index contributed by atoms with van der Waals surface area (Å²) in [4.78, 5) is 0. The van der Waals surface area contributed by atoms with Crippen molar-refractivity contribution in [3.8, 4) is 0 Å². The monoisotopic (exact) mass is 217 g/mol. The quantitative estimate of drug-likeness (QED) is 0.571. The second-order valence-electron chi connectivity index (χ2n) is 2.38. The predicted molar refractivity (Wildman–Crippen MR) is 56.5 cm³/mol. The van der Waals surface area contributed by atoms with E-state index in [0.717, 1.165) is 6.26 Å². The molecule has 0 radical (unpaired) electrons. The summed E-state index contributed by atoms with van der Waals surface area (Å²) in [5.74, 6) is 0. The van der Waals surface area contributed by atoms with Crippen molar-refractivity contribution in [3.63, 3.8) is 0 Å². The Morgan fingerprint density at radius 2 is 1.64 bits per heavy atom. The molecule has 0 heterocycles. The van der Waals surface area contributed by atoms with Crippen molar-refractivity contribution in [1.29, 1.82) is 0 Å². The van der Waals surface area contributed by atoms with Crippen LogP contribution in [0.25, 0.3) is 0 Å². The van der Waals surface area contributed by atoms with Crippen LogP contribution < -0.4 is 4.72 Å². The topological polar surface area (TPSA) is 86.6 Å². The van der Waals surface area contributed by atoms with Gasteiger partial charge in [-0.2, -0.15) is 0 Å². The van der Waals surface area contributed by atoms with Crippen LogP contribution in [0.3, 0.4) is 0 Å². The number of hydrogen-bond acceptors (Lipinski definition) is 4. The zero-order chi connectivity index (χ0) is 11.0. The molecule has 0 amide bonds. The lowest BCUT2D eigenvalue weighted by Crippen LogP contribution is -2.08. The van der Waals surface area contributed by atoms with Gasteiger partial charge in [-0.15, -0.1) is 0 Å². The van der Waals surface area contributed by atoms with E-state index in [1.807, 2.05) is 6.07 Å². The van der Waals surface area contributed by atoms with E-state index in [9.17, 15) is 8.42 Å². The largest absolute Gasteiger partial charge is 0.432 e. The summed E-state index contributed by atoms with van der Waals surface area (Å²) in [6.07, 6.45) is 1.12. The summed E-state index contributed by atoms with van der Waals surface area (Å²) in [6.45, 7) is 0. The molecule has 0 unspecified atom stereocenters. The minimum atomic E-state index is -3.13. The summed E-state index contributed by atoms with van der Waals surface area (Å²) in [6, 6.07) is 8.76. The lowest BCUT2D eigenvalue weighted by atomic mass is 10.3. The van der Waals surface area contributed by atoms with Gasteiger partial charge in [0.25, 0.3) is 0 Å². The fourth-order valence-electron chi connectivity index (χ4n) is 0.720. The van der Waals surface area contributed by atoms with E-state index in [0.29, 0.717) is 5.69 Å². The molecule has 0 atom stereocenters. The molecule has 1 aromatic carbocycles. The first-order valence-corrected chi connectivity index (χ1v) is 5.63. The summed E-state index contributed by atoms with van der Waals surface area (Å²) >= 11 is 0. The summed E-state index contributed by atoms with van der Waals surface area (Å²) in [7, 11) is -3.88. The average Bonchev–Trinajstić information content (AvgIpc) is 2.04. The smallest absolute Gasteiger partial charge is 0.430 e. The Morgan fingerprint density at radius 3 is 2.00 bits per heavy atom. The summed E-state index contributed by atoms with van der Waals surface area (Å²) in [5, 5.41) is 14.2. The molecule has 14 heavy (non-hydrogen) atoms. The van der Waals surface area contributed by atoms with Crippen LogP contribution in [-0.2, 0) is 10.0 Å². The van der Waals surface area contributed by atoms with E-state index in [-0.39, 0.29) is 0 Å². The Kier molecular flexibility index (Phi) is 5.94. The second-order valence-corrected chi connectivity index (χ2v) is 4.13. The fourth-order valence-corrected chi connectivity index (χ4v) is 1.28. The highest BCUT2D eigenvalue weighted by Crippen LogP contribution is 2.05. The molecule has 0 aliphatic rings. The van der Waals surface area contributed by atoms with E-state index in [1.54, 1.807) is 24.3 Å². The molecule has 7 heteroatoms. The van der Waals surface area contributed by atoms with E-state index >= 15 is 0 Å². The minimum absolute atomic E-state index is 0.593. The Balaban J connectivity index is 0.000000500. The van der Waals surface area contributed by atoms with Gasteiger partial charge in [0.2, 0.25) is 10.0 Å². The van der Waals surface area contributed by atoms with Crippen molar-refractivity contribution in [2.75, 3.05) is 11.0 Å². The number of benzene rings is 1. The molecular weight excluding hydrogens is 205 g/mol. The molecule has 0 spiro atoms. The zero-order valence-corrected chi connectivity index (χ0v) is 8.53. The average molecular weight is 217 g/mol. The highest BCUT2D eigenvalue weighted by Gasteiger charge is 1.98. The van der Waals surface area contributed by atoms with Crippen LogP contribution in [0.15, 0.2) is 30.3 Å². The van der Waals surface area contributed by atoms with Crippen LogP contribution in [0.5, 0.6) is 0 Å². The second kappa shape index (κ2) is 6.42. The van der Waals surface area contributed by atoms with Crippen LogP contribution >= 0.6 is 0 Å². The normalized spacial score (nSPS) is 9.64. The molecule has 0 saturated heterocycles. The number of para-hydroxylation sites is 1. The molecule has 0 fully saturated rings. The molecular formula is C7H12BNO4S. The highest BCUT2D eigenvalue weighted by molar-refractivity contribution is 7.92. The molecule has 0 bridgehead atoms. The number of rotatable bonds is 2. The van der Waals surface area contributed by atoms with E-state index in [2.05, 4.69) is 4.72 Å². The van der Waals surface area contributed by atoms with Gasteiger partial charge in [0.1, 0.15) is 0 Å². The number of anilines is 1. The van der Waals surface area contributed by atoms with Crippen LogP contribution in [0.4, 0.5) is 5.69 Å². The lowest BCUT2D eigenvalue weighted by molar-refractivity contribution is 0.448. The van der Waals surface area contributed by atoms with E-state index in [4.69, 9.17) is 10.0 Å². The Morgan fingerprint density at radius 1 is 1.21 bits per heavy atom. The number of hydrogen-bond donors (Lipinski definition) is 3. The van der Waals surface area contributed by atoms with Gasteiger partial charge in [0.05, 0.1) is 6.26 Å². The van der Waals surface area contributed by atoms with Gasteiger partial charge in [0.15, 0.2) is 0 Å². The highest BCUT2D eigenvalue weighted by atomic mass is 32.2. The third-order valence-electron chi connectivity index (χ3n) is 1.08. The summed E-state index contributed by atoms with van der Waals surface area (Å²) < 4.78 is 23.7. The summed E-state index contributed by atoms with van der Waals surface area (Å²) in [5.41, 5.74) is 0.593. The van der Waals surface area contributed by atoms with Gasteiger partial charge < -0.3 is 10.0 Å². The van der Waals surface area contributed by atoms with E-state index < -0.39 is 17.7 Å². The predicted octanol–water partition coefficient (Wildman–Crippen LogP) is -0.704. The standard InChI is InChI=1S/C7H9NO2S.BH3O2/c1-11(9,10)8-7-5-3-2-4-6-7;2-1-3/h2-6,8H,1H3;1-3H. The van der Waals surface area contributed by atoms with Crippen LogP contribution in [0.2, 0.25) is 0 Å².